The van der Waals surface area contributed by atoms with E-state index < -0.39 is 12.1 Å². The first-order valence-electron chi connectivity index (χ1n) is 12.5. The van der Waals surface area contributed by atoms with Gasteiger partial charge < -0.3 is 16.0 Å². The first-order valence-corrected chi connectivity index (χ1v) is 14.8. The van der Waals surface area contributed by atoms with Gasteiger partial charge in [0.25, 0.3) is 0 Å². The molecule has 13 heteroatoms. The number of hydrazine groups is 1. The van der Waals surface area contributed by atoms with E-state index in [9.17, 15) is 14.4 Å². The number of nitrogens with one attached hydrogen (secondary N) is 2. The summed E-state index contributed by atoms with van der Waals surface area (Å²) < 4.78 is 7.07. The van der Waals surface area contributed by atoms with E-state index >= 15 is 0 Å². The number of para-hydroxylation sites is 1. The summed E-state index contributed by atoms with van der Waals surface area (Å²) in [7, 11) is 0. The third-order valence-corrected chi connectivity index (χ3v) is 9.67. The fourth-order valence-electron chi connectivity index (χ4n) is 4.02. The Hall–Kier alpha value is -2.74. The van der Waals surface area contributed by atoms with Crippen LogP contribution in [0.1, 0.15) is 56.8 Å². The highest BCUT2D eigenvalue weighted by Crippen LogP contribution is 2.28. The van der Waals surface area contributed by atoms with Crippen molar-refractivity contribution in [2.75, 3.05) is 19.3 Å². The van der Waals surface area contributed by atoms with Gasteiger partial charge in [-0.1, -0.05) is 12.1 Å². The van der Waals surface area contributed by atoms with Crippen molar-refractivity contribution in [3.8, 4) is 0 Å². The second-order valence-corrected chi connectivity index (χ2v) is 13.5. The lowest BCUT2D eigenvalue weighted by Gasteiger charge is -2.24. The number of fused-ring (bicyclic) bond motifs is 1. The van der Waals surface area contributed by atoms with E-state index in [4.69, 9.17) is 15.8 Å². The zero-order valence-electron chi connectivity index (χ0n) is 22.5. The summed E-state index contributed by atoms with van der Waals surface area (Å²) >= 11 is 0.924. The van der Waals surface area contributed by atoms with Gasteiger partial charge in [-0.2, -0.15) is 4.18 Å². The van der Waals surface area contributed by atoms with Crippen molar-refractivity contribution >= 4 is 56.3 Å². The van der Waals surface area contributed by atoms with Crippen LogP contribution < -0.4 is 22.3 Å². The molecule has 2 amide bonds. The molecule has 0 bridgehead atoms. The number of Topliss-reactive ketones (excluding diaryl/α,β-unsaturated/α-hetero) is 1. The van der Waals surface area contributed by atoms with Crippen molar-refractivity contribution in [1.82, 2.24) is 20.6 Å². The van der Waals surface area contributed by atoms with E-state index in [1.54, 1.807) is 0 Å². The van der Waals surface area contributed by atoms with Crippen LogP contribution in [-0.4, -0.2) is 75.7 Å². The average Bonchev–Trinajstić information content (AvgIpc) is 3.49. The minimum Gasteiger partial charge on any atom is -0.369 e. The predicted molar refractivity (Wildman–Crippen MR) is 153 cm³/mol. The zero-order chi connectivity index (χ0) is 28.0. The van der Waals surface area contributed by atoms with Crippen LogP contribution in [0.4, 0.5) is 0 Å². The Labute approximate surface area is 230 Å². The topological polar surface area (TPSA) is 165 Å². The van der Waals surface area contributed by atoms with Crippen LogP contribution in [0, 0.1) is 0 Å². The van der Waals surface area contributed by atoms with Gasteiger partial charge in [0.1, 0.15) is 29.6 Å². The minimum atomic E-state index is -0.838. The number of amides is 2. The smallest absolute Gasteiger partial charge is 0.243 e. The fraction of sp³-hybridized carbons (Fsp3) is 0.560. The van der Waals surface area contributed by atoms with E-state index in [-0.39, 0.29) is 45.6 Å². The van der Waals surface area contributed by atoms with Gasteiger partial charge in [-0.3, -0.25) is 24.8 Å². The van der Waals surface area contributed by atoms with E-state index in [0.29, 0.717) is 37.4 Å². The number of carbonyl (C=O) groups is 3. The van der Waals surface area contributed by atoms with Crippen LogP contribution in [-0.2, 0) is 24.9 Å². The molecule has 1 saturated heterocycles. The predicted octanol–water partition coefficient (Wildman–Crippen LogP) is 1.49. The number of ketones is 1. The van der Waals surface area contributed by atoms with Crippen molar-refractivity contribution in [1.29, 1.82) is 0 Å². The summed E-state index contributed by atoms with van der Waals surface area (Å²) in [6.07, 6.45) is 2.91. The van der Waals surface area contributed by atoms with Crippen molar-refractivity contribution in [2.45, 2.75) is 69.9 Å². The standard InChI is InChI=1S/C25H37N7O4S2/c1-15(33)32-14-16(36-38(5)25(2,3)4)13-19(32)22(35)29-18(10-8-12-28-24(26)31-27)21(34)23-30-17-9-6-7-11-20(17)37-23/h6-7,9,11,16,18-19H,8,10,12-14H2,1-5H3,(H5-,26,27,28,29,30,31,34,35)/p+1/t16-,18?,19+,38?/m1/s1. The molecular formula is C25H38N7O4S2+. The summed E-state index contributed by atoms with van der Waals surface area (Å²) in [5.74, 6) is 4.46. The van der Waals surface area contributed by atoms with Crippen LogP contribution in [0.2, 0.25) is 0 Å². The Morgan fingerprint density at radius 1 is 1.32 bits per heavy atom. The molecule has 2 heterocycles. The number of nitrogens with two attached hydrogens (primary N) is 2. The molecule has 1 aliphatic heterocycles. The molecule has 0 spiro atoms. The maximum absolute atomic E-state index is 13.5. The molecular weight excluding hydrogens is 526 g/mol. The highest BCUT2D eigenvalue weighted by Gasteiger charge is 2.44. The average molecular weight is 565 g/mol. The van der Waals surface area contributed by atoms with Crippen LogP contribution in [0.3, 0.4) is 0 Å². The number of guanidine groups is 1. The first-order chi connectivity index (χ1) is 17.9. The van der Waals surface area contributed by atoms with Gasteiger partial charge >= 0.3 is 0 Å². The number of aliphatic imine (C=N–C) groups is 1. The van der Waals surface area contributed by atoms with Gasteiger partial charge in [-0.15, -0.1) is 11.3 Å². The Morgan fingerprint density at radius 3 is 2.66 bits per heavy atom. The molecule has 1 aliphatic rings. The van der Waals surface area contributed by atoms with E-state index in [2.05, 4.69) is 41.5 Å². The van der Waals surface area contributed by atoms with Gasteiger partial charge in [0.15, 0.2) is 9.75 Å². The molecule has 1 fully saturated rings. The first kappa shape index (κ1) is 29.8. The minimum absolute atomic E-state index is 0.0541. The normalized spacial score (nSPS) is 19.8. The molecule has 6 N–H and O–H groups in total. The monoisotopic (exact) mass is 564 g/mol. The Morgan fingerprint density at radius 2 is 2.03 bits per heavy atom. The molecule has 2 aromatic rings. The number of benzene rings is 1. The maximum Gasteiger partial charge on any atom is 0.243 e. The molecule has 208 valence electrons. The van der Waals surface area contributed by atoms with Crippen LogP contribution in [0.25, 0.3) is 10.2 Å². The number of nitrogens with zero attached hydrogens (tertiary/aromatic N) is 3. The Bertz CT molecular complexity index is 1150. The summed E-state index contributed by atoms with van der Waals surface area (Å²) in [5, 5.41) is 3.22. The van der Waals surface area contributed by atoms with Gasteiger partial charge in [0, 0.05) is 19.9 Å². The van der Waals surface area contributed by atoms with Crippen LogP contribution in [0.15, 0.2) is 29.3 Å². The summed E-state index contributed by atoms with van der Waals surface area (Å²) in [5.41, 5.74) is 8.57. The number of carbonyl (C=O) groups excluding carboxylic acids is 3. The number of rotatable bonds is 10. The van der Waals surface area contributed by atoms with E-state index in [1.807, 2.05) is 30.5 Å². The Balaban J connectivity index is 1.77. The lowest BCUT2D eigenvalue weighted by atomic mass is 10.1. The van der Waals surface area contributed by atoms with Gasteiger partial charge in [0.05, 0.1) is 22.8 Å². The largest absolute Gasteiger partial charge is 0.369 e. The third-order valence-electron chi connectivity index (χ3n) is 6.33. The molecule has 11 nitrogen and oxygen atoms in total. The number of hydrogen-bond donors (Lipinski definition) is 4. The van der Waals surface area contributed by atoms with Crippen molar-refractivity contribution in [2.24, 2.45) is 16.6 Å². The molecule has 1 aromatic carbocycles. The number of aromatic nitrogens is 1. The molecule has 38 heavy (non-hydrogen) atoms. The van der Waals surface area contributed by atoms with Gasteiger partial charge in [0.2, 0.25) is 23.6 Å². The van der Waals surface area contributed by atoms with Crippen molar-refractivity contribution in [3.63, 3.8) is 0 Å². The second kappa shape index (κ2) is 12.9. The lowest BCUT2D eigenvalue weighted by Crippen LogP contribution is -2.50. The van der Waals surface area contributed by atoms with Gasteiger partial charge in [-0.05, 0) is 45.7 Å². The van der Waals surface area contributed by atoms with E-state index in [0.717, 1.165) is 10.2 Å². The molecule has 0 radical (unpaired) electrons. The summed E-state index contributed by atoms with van der Waals surface area (Å²) in [4.78, 5) is 49.5. The lowest BCUT2D eigenvalue weighted by molar-refractivity contribution is -0.137. The number of likely N-dealkylation sites (tertiary alicyclic amines) is 1. The van der Waals surface area contributed by atoms with Crippen molar-refractivity contribution in [3.05, 3.63) is 29.3 Å². The highest BCUT2D eigenvalue weighted by atomic mass is 32.2. The molecule has 0 saturated carbocycles. The maximum atomic E-state index is 13.5. The number of thiazole rings is 1. The summed E-state index contributed by atoms with van der Waals surface area (Å²) in [6, 6.07) is 5.93. The SMILES string of the molecule is CC(=O)N1C[C@H](O[S+](C)C(C)(C)C)C[C@H]1C(=O)NC(CCCN=C(N)NN)C(=O)c1nc2ccccc2s1. The zero-order valence-corrected chi connectivity index (χ0v) is 24.2. The molecule has 3 rings (SSSR count). The van der Waals surface area contributed by atoms with E-state index in [1.165, 1.54) is 23.2 Å². The van der Waals surface area contributed by atoms with Gasteiger partial charge in [-0.25, -0.2) is 10.8 Å². The van der Waals surface area contributed by atoms with Crippen LogP contribution >= 0.6 is 11.3 Å². The Kier molecular flexibility index (Phi) is 10.1. The molecule has 0 aliphatic carbocycles. The molecule has 1 aromatic heterocycles. The van der Waals surface area contributed by atoms with Crippen LogP contribution in [0.5, 0.6) is 0 Å². The molecule has 4 atom stereocenters. The quantitative estimate of drug-likeness (QED) is 0.0641. The highest BCUT2D eigenvalue weighted by molar-refractivity contribution is 7.93. The number of hydrogen-bond acceptors (Lipinski definition) is 8. The van der Waals surface area contributed by atoms with Crippen molar-refractivity contribution < 1.29 is 18.6 Å². The summed E-state index contributed by atoms with van der Waals surface area (Å²) in [6.45, 7) is 8.37. The second-order valence-electron chi connectivity index (χ2n) is 10.2. The third kappa shape index (κ3) is 7.65. The molecule has 2 unspecified atom stereocenters. The fourth-order valence-corrected chi connectivity index (χ4v) is 5.81.